The van der Waals surface area contributed by atoms with Crippen LogP contribution in [0.1, 0.15) is 10.6 Å². The number of aromatic nitrogens is 1. The Bertz CT molecular complexity index is 362. The van der Waals surface area contributed by atoms with Crippen LogP contribution in [0.5, 0.6) is 0 Å². The lowest BCUT2D eigenvalue weighted by molar-refractivity contribution is 0.181. The molecule has 2 heterocycles. The normalized spacial score (nSPS) is 17.7. The van der Waals surface area contributed by atoms with E-state index in [1.807, 2.05) is 0 Å². The van der Waals surface area contributed by atoms with Gasteiger partial charge in [0.1, 0.15) is 0 Å². The molecule has 1 fully saturated rings. The highest BCUT2D eigenvalue weighted by atomic mass is 32.1. The van der Waals surface area contributed by atoms with Gasteiger partial charge >= 0.3 is 0 Å². The quantitative estimate of drug-likeness (QED) is 0.841. The lowest BCUT2D eigenvalue weighted by Crippen LogP contribution is -2.44. The molecule has 96 valence electrons. The van der Waals surface area contributed by atoms with E-state index in [4.69, 9.17) is 4.74 Å². The van der Waals surface area contributed by atoms with Crippen LogP contribution in [0.15, 0.2) is 0 Å². The highest BCUT2D eigenvalue weighted by Gasteiger charge is 2.19. The average Bonchev–Trinajstić information content (AvgIpc) is 2.74. The van der Waals surface area contributed by atoms with Gasteiger partial charge in [-0.3, -0.25) is 0 Å². The Balaban J connectivity index is 2.10. The molecule has 0 amide bonds. The predicted molar refractivity (Wildman–Crippen MR) is 75.2 cm³/mol. The smallest absolute Gasteiger partial charge is 0.185 e. The SMILES string of the molecule is COCc1nc(N2CCN(C)CC2)sc1CS. The molecule has 0 aliphatic carbocycles. The van der Waals surface area contributed by atoms with Gasteiger partial charge in [-0.2, -0.15) is 12.6 Å². The number of rotatable bonds is 4. The molecule has 2 rings (SSSR count). The molecule has 17 heavy (non-hydrogen) atoms. The number of likely N-dealkylation sites (N-methyl/N-ethyl adjacent to an activating group) is 1. The molecule has 0 N–H and O–H groups in total. The van der Waals surface area contributed by atoms with Crippen LogP contribution < -0.4 is 4.90 Å². The van der Waals surface area contributed by atoms with E-state index in [0.29, 0.717) is 6.61 Å². The molecule has 0 atom stereocenters. The van der Waals surface area contributed by atoms with Crippen LogP contribution in [-0.2, 0) is 17.1 Å². The number of thiazole rings is 1. The van der Waals surface area contributed by atoms with Crippen molar-refractivity contribution >= 4 is 29.1 Å². The molecule has 0 radical (unpaired) electrons. The molecule has 6 heteroatoms. The summed E-state index contributed by atoms with van der Waals surface area (Å²) in [6.07, 6.45) is 0. The summed E-state index contributed by atoms with van der Waals surface area (Å²) >= 11 is 6.10. The van der Waals surface area contributed by atoms with E-state index in [1.54, 1.807) is 18.4 Å². The molecule has 0 aromatic carbocycles. The monoisotopic (exact) mass is 273 g/mol. The summed E-state index contributed by atoms with van der Waals surface area (Å²) in [7, 11) is 3.87. The largest absolute Gasteiger partial charge is 0.378 e. The van der Waals surface area contributed by atoms with E-state index >= 15 is 0 Å². The fourth-order valence-electron chi connectivity index (χ4n) is 1.88. The number of piperazine rings is 1. The maximum absolute atomic E-state index is 5.17. The Kier molecular flexibility index (Phi) is 4.67. The zero-order chi connectivity index (χ0) is 12.3. The van der Waals surface area contributed by atoms with Crippen LogP contribution in [0.4, 0.5) is 5.13 Å². The first-order valence-electron chi connectivity index (χ1n) is 5.76. The molecule has 1 saturated heterocycles. The predicted octanol–water partition coefficient (Wildman–Crippen LogP) is 1.47. The Morgan fingerprint density at radius 2 is 2.06 bits per heavy atom. The van der Waals surface area contributed by atoms with Crippen molar-refractivity contribution in [2.75, 3.05) is 45.2 Å². The molecule has 1 aromatic heterocycles. The van der Waals surface area contributed by atoms with Crippen LogP contribution in [0.2, 0.25) is 0 Å². The van der Waals surface area contributed by atoms with Crippen LogP contribution in [0.25, 0.3) is 0 Å². The molecule has 0 unspecified atom stereocenters. The Morgan fingerprint density at radius 3 is 2.65 bits per heavy atom. The Morgan fingerprint density at radius 1 is 1.35 bits per heavy atom. The van der Waals surface area contributed by atoms with Crippen molar-refractivity contribution < 1.29 is 4.74 Å². The molecule has 1 aliphatic heterocycles. The first-order valence-corrected chi connectivity index (χ1v) is 7.21. The van der Waals surface area contributed by atoms with Crippen molar-refractivity contribution in [2.24, 2.45) is 0 Å². The molecule has 0 bridgehead atoms. The number of methoxy groups -OCH3 is 1. The second-order valence-corrected chi connectivity index (χ2v) is 5.63. The Hall–Kier alpha value is -0.300. The first-order chi connectivity index (χ1) is 8.24. The fraction of sp³-hybridized carbons (Fsp3) is 0.727. The van der Waals surface area contributed by atoms with Gasteiger partial charge < -0.3 is 14.5 Å². The highest BCUT2D eigenvalue weighted by molar-refractivity contribution is 7.79. The van der Waals surface area contributed by atoms with E-state index < -0.39 is 0 Å². The molecule has 4 nitrogen and oxygen atoms in total. The van der Waals surface area contributed by atoms with Gasteiger partial charge in [0, 0.05) is 43.9 Å². The second-order valence-electron chi connectivity index (χ2n) is 4.25. The average molecular weight is 273 g/mol. The van der Waals surface area contributed by atoms with E-state index in [-0.39, 0.29) is 0 Å². The van der Waals surface area contributed by atoms with Gasteiger partial charge in [-0.25, -0.2) is 4.98 Å². The van der Waals surface area contributed by atoms with Gasteiger partial charge in [0.2, 0.25) is 0 Å². The third-order valence-electron chi connectivity index (χ3n) is 2.97. The second kappa shape index (κ2) is 6.04. The summed E-state index contributed by atoms with van der Waals surface area (Å²) < 4.78 is 5.17. The van der Waals surface area contributed by atoms with E-state index in [2.05, 4.69) is 34.5 Å². The molecule has 1 aliphatic rings. The van der Waals surface area contributed by atoms with E-state index in [0.717, 1.165) is 42.8 Å². The molecular formula is C11H19N3OS2. The summed E-state index contributed by atoms with van der Waals surface area (Å²) in [6, 6.07) is 0. The minimum atomic E-state index is 0.583. The number of hydrogen-bond donors (Lipinski definition) is 1. The standard InChI is InChI=1S/C11H19N3OS2/c1-13-3-5-14(6-4-13)11-12-9(7-15-2)10(8-16)17-11/h16H,3-8H2,1-2H3. The maximum Gasteiger partial charge on any atom is 0.185 e. The summed E-state index contributed by atoms with van der Waals surface area (Å²) in [5.74, 6) is 0.740. The third kappa shape index (κ3) is 3.13. The van der Waals surface area contributed by atoms with Gasteiger partial charge in [-0.1, -0.05) is 0 Å². The molecule has 1 aromatic rings. The van der Waals surface area contributed by atoms with Crippen molar-refractivity contribution in [2.45, 2.75) is 12.4 Å². The first kappa shape index (κ1) is 13.1. The van der Waals surface area contributed by atoms with Crippen molar-refractivity contribution in [1.29, 1.82) is 0 Å². The topological polar surface area (TPSA) is 28.6 Å². The van der Waals surface area contributed by atoms with Crippen molar-refractivity contribution in [3.63, 3.8) is 0 Å². The lowest BCUT2D eigenvalue weighted by atomic mass is 10.3. The van der Waals surface area contributed by atoms with Crippen LogP contribution in [-0.4, -0.2) is 50.2 Å². The van der Waals surface area contributed by atoms with Crippen LogP contribution in [0, 0.1) is 0 Å². The molecule has 0 spiro atoms. The Labute approximate surface area is 112 Å². The number of nitrogens with zero attached hydrogens (tertiary/aromatic N) is 3. The highest BCUT2D eigenvalue weighted by Crippen LogP contribution is 2.28. The van der Waals surface area contributed by atoms with Gasteiger partial charge in [0.25, 0.3) is 0 Å². The minimum absolute atomic E-state index is 0.583. The number of ether oxygens (including phenoxy) is 1. The number of thiol groups is 1. The number of anilines is 1. The van der Waals surface area contributed by atoms with Gasteiger partial charge in [0.05, 0.1) is 12.3 Å². The van der Waals surface area contributed by atoms with Crippen molar-refractivity contribution in [3.8, 4) is 0 Å². The summed E-state index contributed by atoms with van der Waals surface area (Å²) in [5.41, 5.74) is 1.04. The summed E-state index contributed by atoms with van der Waals surface area (Å²) in [5, 5.41) is 1.12. The minimum Gasteiger partial charge on any atom is -0.378 e. The number of hydrogen-bond acceptors (Lipinski definition) is 6. The molecular weight excluding hydrogens is 254 g/mol. The molecule has 0 saturated carbocycles. The van der Waals surface area contributed by atoms with Gasteiger partial charge in [-0.05, 0) is 7.05 Å². The lowest BCUT2D eigenvalue weighted by Gasteiger charge is -2.32. The van der Waals surface area contributed by atoms with E-state index in [1.165, 1.54) is 4.88 Å². The third-order valence-corrected chi connectivity index (χ3v) is 4.65. The van der Waals surface area contributed by atoms with Crippen molar-refractivity contribution in [1.82, 2.24) is 9.88 Å². The maximum atomic E-state index is 5.17. The van der Waals surface area contributed by atoms with Gasteiger partial charge in [-0.15, -0.1) is 11.3 Å². The van der Waals surface area contributed by atoms with Crippen LogP contribution >= 0.6 is 24.0 Å². The summed E-state index contributed by atoms with van der Waals surface area (Å²) in [6.45, 7) is 4.91. The fourth-order valence-corrected chi connectivity index (χ4v) is 3.23. The van der Waals surface area contributed by atoms with Crippen molar-refractivity contribution in [3.05, 3.63) is 10.6 Å². The summed E-state index contributed by atoms with van der Waals surface area (Å²) in [4.78, 5) is 10.6. The van der Waals surface area contributed by atoms with Crippen LogP contribution in [0.3, 0.4) is 0 Å². The zero-order valence-electron chi connectivity index (χ0n) is 10.3. The zero-order valence-corrected chi connectivity index (χ0v) is 12.1. The van der Waals surface area contributed by atoms with E-state index in [9.17, 15) is 0 Å². The van der Waals surface area contributed by atoms with Gasteiger partial charge in [0.15, 0.2) is 5.13 Å².